The van der Waals surface area contributed by atoms with Gasteiger partial charge in [-0.25, -0.2) is 0 Å². The average molecular weight is 303 g/mol. The van der Waals surface area contributed by atoms with Gasteiger partial charge in [0, 0.05) is 9.75 Å². The van der Waals surface area contributed by atoms with Crippen LogP contribution in [0.25, 0.3) is 0 Å². The van der Waals surface area contributed by atoms with Crippen LogP contribution in [-0.4, -0.2) is 15.0 Å². The maximum absolute atomic E-state index is 5.73. The number of hydrogen-bond acceptors (Lipinski definition) is 5. The second-order valence-electron chi connectivity index (χ2n) is 3.93. The summed E-state index contributed by atoms with van der Waals surface area (Å²) in [7, 11) is 0. The Labute approximate surface area is 119 Å². The van der Waals surface area contributed by atoms with Gasteiger partial charge in [0.15, 0.2) is 0 Å². The van der Waals surface area contributed by atoms with Crippen LogP contribution in [0, 0.1) is 13.8 Å². The van der Waals surface area contributed by atoms with Gasteiger partial charge < -0.3 is 5.32 Å². The summed E-state index contributed by atoms with van der Waals surface area (Å²) < 4.78 is 0. The molecule has 0 saturated carbocycles. The van der Waals surface area contributed by atoms with Crippen LogP contribution in [0.3, 0.4) is 0 Å². The molecule has 0 spiro atoms. The van der Waals surface area contributed by atoms with Crippen molar-refractivity contribution in [2.75, 3.05) is 5.32 Å². The van der Waals surface area contributed by atoms with Crippen molar-refractivity contribution in [1.82, 2.24) is 15.0 Å². The summed E-state index contributed by atoms with van der Waals surface area (Å²) in [5.41, 5.74) is 1.23. The highest BCUT2D eigenvalue weighted by Crippen LogP contribution is 2.28. The number of aromatic nitrogens is 3. The lowest BCUT2D eigenvalue weighted by molar-refractivity contribution is 0.851. The summed E-state index contributed by atoms with van der Waals surface area (Å²) >= 11 is 13.2. The molecule has 0 amide bonds. The van der Waals surface area contributed by atoms with Gasteiger partial charge >= 0.3 is 0 Å². The first-order valence-corrected chi connectivity index (χ1v) is 6.93. The van der Waals surface area contributed by atoms with E-state index >= 15 is 0 Å². The van der Waals surface area contributed by atoms with Crippen LogP contribution in [0.2, 0.25) is 10.6 Å². The second-order valence-corrected chi connectivity index (χ2v) is 6.07. The fraction of sp³-hybridized carbons (Fsp3) is 0.364. The molecule has 0 fully saturated rings. The van der Waals surface area contributed by atoms with Crippen LogP contribution < -0.4 is 5.32 Å². The highest BCUT2D eigenvalue weighted by Gasteiger charge is 2.13. The number of rotatable bonds is 3. The van der Waals surface area contributed by atoms with Crippen molar-refractivity contribution in [3.63, 3.8) is 0 Å². The molecule has 7 heteroatoms. The van der Waals surface area contributed by atoms with Gasteiger partial charge in [-0.3, -0.25) is 0 Å². The normalized spacial score (nSPS) is 12.5. The lowest BCUT2D eigenvalue weighted by atomic mass is 10.1. The minimum atomic E-state index is 0.0860. The first kappa shape index (κ1) is 13.5. The molecule has 0 aliphatic heterocycles. The molecule has 0 aromatic carbocycles. The van der Waals surface area contributed by atoms with Gasteiger partial charge in [-0.05, 0) is 55.6 Å². The van der Waals surface area contributed by atoms with Crippen molar-refractivity contribution < 1.29 is 0 Å². The topological polar surface area (TPSA) is 50.7 Å². The van der Waals surface area contributed by atoms with Gasteiger partial charge in [-0.1, -0.05) is 0 Å². The Morgan fingerprint density at radius 3 is 2.28 bits per heavy atom. The van der Waals surface area contributed by atoms with Crippen LogP contribution in [0.1, 0.15) is 28.3 Å². The third kappa shape index (κ3) is 3.10. The smallest absolute Gasteiger partial charge is 0.228 e. The summed E-state index contributed by atoms with van der Waals surface area (Å²) in [5.74, 6) is 0.385. The summed E-state index contributed by atoms with van der Waals surface area (Å²) in [6.07, 6.45) is 0. The Bertz CT molecular complexity index is 550. The zero-order valence-electron chi connectivity index (χ0n) is 10.2. The first-order chi connectivity index (χ1) is 8.45. The predicted molar refractivity (Wildman–Crippen MR) is 75.7 cm³/mol. The van der Waals surface area contributed by atoms with Crippen molar-refractivity contribution in [3.05, 3.63) is 32.0 Å². The van der Waals surface area contributed by atoms with E-state index in [1.807, 2.05) is 6.92 Å². The lowest BCUT2D eigenvalue weighted by Gasteiger charge is -2.13. The Morgan fingerprint density at radius 1 is 1.17 bits per heavy atom. The molecule has 0 bridgehead atoms. The highest BCUT2D eigenvalue weighted by atomic mass is 35.5. The van der Waals surface area contributed by atoms with Gasteiger partial charge in [-0.15, -0.1) is 11.3 Å². The molecule has 4 nitrogen and oxygen atoms in total. The van der Waals surface area contributed by atoms with Gasteiger partial charge in [0.05, 0.1) is 6.04 Å². The zero-order chi connectivity index (χ0) is 13.3. The minimum absolute atomic E-state index is 0.0860. The molecule has 18 heavy (non-hydrogen) atoms. The standard InChI is InChI=1S/C11H12Cl2N4S/c1-5-4-8(7(3)18-5)6(2)14-11-16-9(12)15-10(13)17-11/h4,6H,1-3H3,(H,14,15,16,17). The van der Waals surface area contributed by atoms with Crippen LogP contribution >= 0.6 is 34.5 Å². The SMILES string of the molecule is Cc1cc(C(C)Nc2nc(Cl)nc(Cl)n2)c(C)s1. The highest BCUT2D eigenvalue weighted by molar-refractivity contribution is 7.12. The van der Waals surface area contributed by atoms with Gasteiger partial charge in [0.2, 0.25) is 16.5 Å². The zero-order valence-corrected chi connectivity index (χ0v) is 12.5. The van der Waals surface area contributed by atoms with Gasteiger partial charge in [0.25, 0.3) is 0 Å². The van der Waals surface area contributed by atoms with E-state index in [2.05, 4.69) is 40.2 Å². The predicted octanol–water partition coefficient (Wildman–Crippen LogP) is 4.03. The Kier molecular flexibility index (Phi) is 4.04. The molecular formula is C11H12Cl2N4S. The number of anilines is 1. The molecule has 0 aliphatic rings. The van der Waals surface area contributed by atoms with E-state index in [1.54, 1.807) is 11.3 Å². The molecule has 0 aliphatic carbocycles. The maximum Gasteiger partial charge on any atom is 0.228 e. The first-order valence-electron chi connectivity index (χ1n) is 5.36. The van der Waals surface area contributed by atoms with E-state index in [1.165, 1.54) is 15.3 Å². The van der Waals surface area contributed by atoms with E-state index in [0.717, 1.165) is 0 Å². The third-order valence-corrected chi connectivity index (χ3v) is 3.79. The molecule has 1 N–H and O–H groups in total. The summed E-state index contributed by atoms with van der Waals surface area (Å²) in [6, 6.07) is 2.24. The number of nitrogens with zero attached hydrogens (tertiary/aromatic N) is 3. The Balaban J connectivity index is 2.20. The molecule has 1 atom stereocenters. The second kappa shape index (κ2) is 5.38. The van der Waals surface area contributed by atoms with Gasteiger partial charge in [-0.2, -0.15) is 15.0 Å². The maximum atomic E-state index is 5.73. The van der Waals surface area contributed by atoms with E-state index in [-0.39, 0.29) is 16.6 Å². The molecule has 96 valence electrons. The number of nitrogens with one attached hydrogen (secondary N) is 1. The quantitative estimate of drug-likeness (QED) is 0.930. The number of halogens is 2. The molecule has 2 heterocycles. The van der Waals surface area contributed by atoms with Crippen molar-refractivity contribution >= 4 is 40.5 Å². The number of hydrogen-bond donors (Lipinski definition) is 1. The molecule has 1 unspecified atom stereocenters. The van der Waals surface area contributed by atoms with E-state index in [0.29, 0.717) is 5.95 Å². The molecule has 2 aromatic heterocycles. The largest absolute Gasteiger partial charge is 0.347 e. The van der Waals surface area contributed by atoms with Gasteiger partial charge in [0.1, 0.15) is 0 Å². The van der Waals surface area contributed by atoms with Crippen LogP contribution in [0.5, 0.6) is 0 Å². The number of thiophene rings is 1. The van der Waals surface area contributed by atoms with Crippen LogP contribution in [0.4, 0.5) is 5.95 Å². The summed E-state index contributed by atoms with van der Waals surface area (Å²) in [5, 5.41) is 3.34. The molecule has 2 aromatic rings. The summed E-state index contributed by atoms with van der Waals surface area (Å²) in [6.45, 7) is 6.23. The fourth-order valence-corrected chi connectivity index (χ4v) is 3.13. The van der Waals surface area contributed by atoms with Crippen LogP contribution in [0.15, 0.2) is 6.07 Å². The molecular weight excluding hydrogens is 291 g/mol. The third-order valence-electron chi connectivity index (χ3n) is 2.47. The van der Waals surface area contributed by atoms with E-state index < -0.39 is 0 Å². The van der Waals surface area contributed by atoms with Crippen molar-refractivity contribution in [3.8, 4) is 0 Å². The Morgan fingerprint density at radius 2 is 1.78 bits per heavy atom. The average Bonchev–Trinajstić information content (AvgIpc) is 2.56. The molecule has 0 radical (unpaired) electrons. The van der Waals surface area contributed by atoms with E-state index in [9.17, 15) is 0 Å². The lowest BCUT2D eigenvalue weighted by Crippen LogP contribution is -2.10. The monoisotopic (exact) mass is 302 g/mol. The fourth-order valence-electron chi connectivity index (χ4n) is 1.74. The summed E-state index contributed by atoms with van der Waals surface area (Å²) in [4.78, 5) is 14.2. The number of aryl methyl sites for hydroxylation is 2. The minimum Gasteiger partial charge on any atom is -0.347 e. The molecule has 2 rings (SSSR count). The van der Waals surface area contributed by atoms with Crippen molar-refractivity contribution in [2.24, 2.45) is 0 Å². The van der Waals surface area contributed by atoms with Crippen molar-refractivity contribution in [1.29, 1.82) is 0 Å². The Hall–Kier alpha value is -0.910. The van der Waals surface area contributed by atoms with Crippen molar-refractivity contribution in [2.45, 2.75) is 26.8 Å². The van der Waals surface area contributed by atoms with Crippen LogP contribution in [-0.2, 0) is 0 Å². The molecule has 0 saturated heterocycles. The van der Waals surface area contributed by atoms with E-state index in [4.69, 9.17) is 23.2 Å².